The molecule has 0 fully saturated rings. The van der Waals surface area contributed by atoms with E-state index in [2.05, 4.69) is 30.5 Å². The molecule has 3 heteroatoms. The predicted molar refractivity (Wildman–Crippen MR) is 85.6 cm³/mol. The number of rotatable bonds is 7. The molecule has 0 radical (unpaired) electrons. The van der Waals surface area contributed by atoms with Crippen LogP contribution in [0.25, 0.3) is 11.4 Å². The fourth-order valence-electron chi connectivity index (χ4n) is 2.55. The Morgan fingerprint density at radius 2 is 1.80 bits per heavy atom. The number of aromatic nitrogens is 2. The lowest BCUT2D eigenvalue weighted by Gasteiger charge is -2.06. The Labute approximate surface area is 121 Å². The van der Waals surface area contributed by atoms with Crippen LogP contribution in [0.1, 0.15) is 45.2 Å². The van der Waals surface area contributed by atoms with E-state index in [1.54, 1.807) is 0 Å². The van der Waals surface area contributed by atoms with E-state index >= 15 is 0 Å². The van der Waals surface area contributed by atoms with Gasteiger partial charge in [-0.05, 0) is 19.8 Å². The SMILES string of the molecule is CCCCCCc1nc(-c2ccccc2)n(CC)c1N. The number of benzene rings is 1. The van der Waals surface area contributed by atoms with Gasteiger partial charge in [-0.2, -0.15) is 0 Å². The van der Waals surface area contributed by atoms with E-state index in [0.717, 1.165) is 35.9 Å². The van der Waals surface area contributed by atoms with Crippen LogP contribution in [0.3, 0.4) is 0 Å². The molecule has 0 saturated heterocycles. The highest BCUT2D eigenvalue weighted by Crippen LogP contribution is 2.25. The van der Waals surface area contributed by atoms with Crippen molar-refractivity contribution in [2.75, 3.05) is 5.73 Å². The molecule has 0 aliphatic rings. The van der Waals surface area contributed by atoms with Crippen molar-refractivity contribution >= 4 is 5.82 Å². The van der Waals surface area contributed by atoms with E-state index in [1.165, 1.54) is 25.7 Å². The summed E-state index contributed by atoms with van der Waals surface area (Å²) >= 11 is 0. The number of hydrogen-bond acceptors (Lipinski definition) is 2. The van der Waals surface area contributed by atoms with Crippen molar-refractivity contribution in [3.8, 4) is 11.4 Å². The summed E-state index contributed by atoms with van der Waals surface area (Å²) < 4.78 is 2.12. The van der Waals surface area contributed by atoms with Gasteiger partial charge in [-0.15, -0.1) is 0 Å². The molecule has 1 aromatic carbocycles. The highest BCUT2D eigenvalue weighted by molar-refractivity contribution is 5.60. The Morgan fingerprint density at radius 1 is 1.05 bits per heavy atom. The van der Waals surface area contributed by atoms with E-state index in [4.69, 9.17) is 10.7 Å². The monoisotopic (exact) mass is 271 g/mol. The normalized spacial score (nSPS) is 10.9. The van der Waals surface area contributed by atoms with Crippen molar-refractivity contribution < 1.29 is 0 Å². The number of aryl methyl sites for hydroxylation is 1. The maximum atomic E-state index is 6.27. The van der Waals surface area contributed by atoms with Crippen molar-refractivity contribution in [3.05, 3.63) is 36.0 Å². The van der Waals surface area contributed by atoms with Crippen molar-refractivity contribution in [1.82, 2.24) is 9.55 Å². The van der Waals surface area contributed by atoms with Gasteiger partial charge in [0.25, 0.3) is 0 Å². The van der Waals surface area contributed by atoms with E-state index in [-0.39, 0.29) is 0 Å². The van der Waals surface area contributed by atoms with E-state index < -0.39 is 0 Å². The lowest BCUT2D eigenvalue weighted by Crippen LogP contribution is -2.03. The standard InChI is InChI=1S/C17H25N3/c1-3-5-6-10-13-15-16(18)20(4-2)17(19-15)14-11-8-7-9-12-14/h7-9,11-12H,3-6,10,13,18H2,1-2H3. The van der Waals surface area contributed by atoms with Crippen LogP contribution < -0.4 is 5.73 Å². The lowest BCUT2D eigenvalue weighted by atomic mass is 10.1. The summed E-state index contributed by atoms with van der Waals surface area (Å²) in [6.45, 7) is 5.21. The minimum atomic E-state index is 0.836. The molecular formula is C17H25N3. The van der Waals surface area contributed by atoms with Gasteiger partial charge in [-0.1, -0.05) is 56.5 Å². The van der Waals surface area contributed by atoms with Crippen molar-refractivity contribution in [2.24, 2.45) is 0 Å². The van der Waals surface area contributed by atoms with E-state index in [0.29, 0.717) is 0 Å². The van der Waals surface area contributed by atoms with Gasteiger partial charge in [0, 0.05) is 12.1 Å². The molecule has 0 unspecified atom stereocenters. The van der Waals surface area contributed by atoms with Crippen LogP contribution in [0, 0.1) is 0 Å². The third-order valence-electron chi connectivity index (χ3n) is 3.70. The Balaban J connectivity index is 2.21. The molecule has 1 aromatic heterocycles. The maximum absolute atomic E-state index is 6.27. The average Bonchev–Trinajstić information content (AvgIpc) is 2.81. The number of nitrogens with two attached hydrogens (primary N) is 1. The van der Waals surface area contributed by atoms with Gasteiger partial charge in [0.05, 0.1) is 5.69 Å². The molecule has 3 nitrogen and oxygen atoms in total. The first-order valence-electron chi connectivity index (χ1n) is 7.68. The summed E-state index contributed by atoms with van der Waals surface area (Å²) in [7, 11) is 0. The van der Waals surface area contributed by atoms with Crippen molar-refractivity contribution in [1.29, 1.82) is 0 Å². The molecule has 1 heterocycles. The Kier molecular flexibility index (Phi) is 5.22. The third-order valence-corrected chi connectivity index (χ3v) is 3.70. The lowest BCUT2D eigenvalue weighted by molar-refractivity contribution is 0.662. The summed E-state index contributed by atoms with van der Waals surface area (Å²) in [5.41, 5.74) is 8.46. The fraction of sp³-hybridized carbons (Fsp3) is 0.471. The van der Waals surface area contributed by atoms with Gasteiger partial charge >= 0.3 is 0 Å². The first-order chi connectivity index (χ1) is 9.77. The zero-order chi connectivity index (χ0) is 14.4. The molecule has 0 atom stereocenters. The Morgan fingerprint density at radius 3 is 2.45 bits per heavy atom. The van der Waals surface area contributed by atoms with E-state index in [1.807, 2.05) is 18.2 Å². The number of nitrogens with zero attached hydrogens (tertiary/aromatic N) is 2. The molecule has 2 rings (SSSR count). The second-order valence-corrected chi connectivity index (χ2v) is 5.19. The minimum Gasteiger partial charge on any atom is -0.384 e. The molecule has 0 amide bonds. The van der Waals surface area contributed by atoms with Gasteiger partial charge < -0.3 is 10.3 Å². The molecule has 2 aromatic rings. The van der Waals surface area contributed by atoms with Crippen LogP contribution in [-0.2, 0) is 13.0 Å². The summed E-state index contributed by atoms with van der Waals surface area (Å²) in [5, 5.41) is 0. The van der Waals surface area contributed by atoms with Crippen LogP contribution in [-0.4, -0.2) is 9.55 Å². The highest BCUT2D eigenvalue weighted by atomic mass is 15.1. The van der Waals surface area contributed by atoms with Crippen molar-refractivity contribution in [2.45, 2.75) is 52.5 Å². The maximum Gasteiger partial charge on any atom is 0.141 e. The number of imidazole rings is 1. The van der Waals surface area contributed by atoms with E-state index in [9.17, 15) is 0 Å². The summed E-state index contributed by atoms with van der Waals surface area (Å²) in [4.78, 5) is 4.79. The molecule has 0 aliphatic carbocycles. The van der Waals surface area contributed by atoms with Gasteiger partial charge in [-0.25, -0.2) is 4.98 Å². The van der Waals surface area contributed by atoms with Crippen LogP contribution >= 0.6 is 0 Å². The number of anilines is 1. The number of hydrogen-bond donors (Lipinski definition) is 1. The van der Waals surface area contributed by atoms with Gasteiger partial charge in [-0.3, -0.25) is 0 Å². The van der Waals surface area contributed by atoms with Gasteiger partial charge in [0.2, 0.25) is 0 Å². The predicted octanol–water partition coefficient (Wildman–Crippen LogP) is 4.28. The number of nitrogen functional groups attached to an aromatic ring is 1. The Hall–Kier alpha value is -1.77. The first-order valence-corrected chi connectivity index (χ1v) is 7.68. The molecule has 0 saturated carbocycles. The summed E-state index contributed by atoms with van der Waals surface area (Å²) in [5.74, 6) is 1.83. The van der Waals surface area contributed by atoms with Crippen LogP contribution in [0.2, 0.25) is 0 Å². The second-order valence-electron chi connectivity index (χ2n) is 5.19. The topological polar surface area (TPSA) is 43.8 Å². The largest absolute Gasteiger partial charge is 0.384 e. The quantitative estimate of drug-likeness (QED) is 0.764. The molecule has 0 bridgehead atoms. The minimum absolute atomic E-state index is 0.836. The second kappa shape index (κ2) is 7.13. The first kappa shape index (κ1) is 14.6. The molecule has 20 heavy (non-hydrogen) atoms. The molecule has 0 aliphatic heterocycles. The average molecular weight is 271 g/mol. The van der Waals surface area contributed by atoms with Crippen molar-refractivity contribution in [3.63, 3.8) is 0 Å². The van der Waals surface area contributed by atoms with Crippen LogP contribution in [0.4, 0.5) is 5.82 Å². The highest BCUT2D eigenvalue weighted by Gasteiger charge is 2.14. The smallest absolute Gasteiger partial charge is 0.141 e. The summed E-state index contributed by atoms with van der Waals surface area (Å²) in [6, 6.07) is 10.3. The summed E-state index contributed by atoms with van der Waals surface area (Å²) in [6.07, 6.45) is 5.97. The Bertz CT molecular complexity index is 529. The fourth-order valence-corrected chi connectivity index (χ4v) is 2.55. The molecular weight excluding hydrogens is 246 g/mol. The molecule has 2 N–H and O–H groups in total. The van der Waals surface area contributed by atoms with Gasteiger partial charge in [0.15, 0.2) is 0 Å². The molecule has 108 valence electrons. The number of unbranched alkanes of at least 4 members (excludes halogenated alkanes) is 3. The molecule has 0 spiro atoms. The zero-order valence-electron chi connectivity index (χ0n) is 12.6. The third kappa shape index (κ3) is 3.21. The zero-order valence-corrected chi connectivity index (χ0v) is 12.6. The van der Waals surface area contributed by atoms with Crippen LogP contribution in [0.5, 0.6) is 0 Å². The van der Waals surface area contributed by atoms with Gasteiger partial charge in [0.1, 0.15) is 11.6 Å². The van der Waals surface area contributed by atoms with Crippen LogP contribution in [0.15, 0.2) is 30.3 Å².